The molecule has 2 rings (SSSR count). The summed E-state index contributed by atoms with van der Waals surface area (Å²) < 4.78 is 13.4. The van der Waals surface area contributed by atoms with E-state index in [1.54, 1.807) is 6.07 Å². The van der Waals surface area contributed by atoms with Crippen molar-refractivity contribution in [1.82, 2.24) is 10.2 Å². The molecule has 1 aromatic carbocycles. The van der Waals surface area contributed by atoms with Crippen LogP contribution in [0.2, 0.25) is 0 Å². The van der Waals surface area contributed by atoms with E-state index >= 15 is 0 Å². The number of nitrogens with zero attached hydrogens (tertiary/aromatic N) is 1. The van der Waals surface area contributed by atoms with Crippen molar-refractivity contribution in [1.29, 1.82) is 0 Å². The average molecular weight is 208 g/mol. The molecule has 3 heteroatoms. The highest BCUT2D eigenvalue weighted by atomic mass is 19.1. The summed E-state index contributed by atoms with van der Waals surface area (Å²) in [6.45, 7) is 5.88. The summed E-state index contributed by atoms with van der Waals surface area (Å²) in [5.41, 5.74) is 0.797. The van der Waals surface area contributed by atoms with Crippen molar-refractivity contribution in [3.8, 4) is 0 Å². The summed E-state index contributed by atoms with van der Waals surface area (Å²) in [5, 5.41) is 3.33. The van der Waals surface area contributed by atoms with E-state index in [0.717, 1.165) is 31.7 Å². The average Bonchev–Trinajstić information content (AvgIpc) is 2.24. The van der Waals surface area contributed by atoms with Gasteiger partial charge in [-0.05, 0) is 13.0 Å². The first kappa shape index (κ1) is 10.6. The Morgan fingerprint density at radius 3 is 3.00 bits per heavy atom. The van der Waals surface area contributed by atoms with E-state index in [-0.39, 0.29) is 5.82 Å². The fourth-order valence-corrected chi connectivity index (χ4v) is 1.96. The maximum Gasteiger partial charge on any atom is 0.127 e. The van der Waals surface area contributed by atoms with Crippen LogP contribution in [0, 0.1) is 5.82 Å². The van der Waals surface area contributed by atoms with Crippen molar-refractivity contribution < 1.29 is 4.39 Å². The Morgan fingerprint density at radius 2 is 2.27 bits per heavy atom. The predicted octanol–water partition coefficient (Wildman–Crippen LogP) is 1.62. The number of hydrogen-bond donors (Lipinski definition) is 1. The number of benzene rings is 1. The molecule has 1 saturated heterocycles. The fourth-order valence-electron chi connectivity index (χ4n) is 1.96. The van der Waals surface area contributed by atoms with Gasteiger partial charge in [0, 0.05) is 37.8 Å². The van der Waals surface area contributed by atoms with Gasteiger partial charge in [-0.2, -0.15) is 0 Å². The second-order valence-corrected chi connectivity index (χ2v) is 4.12. The maximum atomic E-state index is 13.4. The Morgan fingerprint density at radius 1 is 1.47 bits per heavy atom. The van der Waals surface area contributed by atoms with Gasteiger partial charge < -0.3 is 5.32 Å². The Hall–Kier alpha value is -0.930. The van der Waals surface area contributed by atoms with Crippen LogP contribution in [-0.2, 0) is 6.54 Å². The minimum atomic E-state index is -0.0942. The maximum absolute atomic E-state index is 13.4. The number of piperazine rings is 1. The molecular formula is C12H17FN2. The minimum absolute atomic E-state index is 0.0942. The van der Waals surface area contributed by atoms with Gasteiger partial charge in [0.25, 0.3) is 0 Å². The predicted molar refractivity (Wildman–Crippen MR) is 59.1 cm³/mol. The van der Waals surface area contributed by atoms with Crippen molar-refractivity contribution in [3.63, 3.8) is 0 Å². The molecule has 0 bridgehead atoms. The van der Waals surface area contributed by atoms with E-state index in [4.69, 9.17) is 0 Å². The first-order valence-corrected chi connectivity index (χ1v) is 5.45. The number of rotatable bonds is 2. The van der Waals surface area contributed by atoms with Crippen LogP contribution in [0.1, 0.15) is 12.5 Å². The number of halogens is 1. The van der Waals surface area contributed by atoms with E-state index in [1.165, 1.54) is 6.07 Å². The molecule has 0 aliphatic carbocycles. The molecule has 0 amide bonds. The topological polar surface area (TPSA) is 15.3 Å². The summed E-state index contributed by atoms with van der Waals surface area (Å²) in [4.78, 5) is 2.31. The molecular weight excluding hydrogens is 191 g/mol. The first-order chi connectivity index (χ1) is 7.27. The zero-order valence-corrected chi connectivity index (χ0v) is 9.04. The molecule has 1 atom stereocenters. The molecule has 1 aliphatic heterocycles. The highest BCUT2D eigenvalue weighted by molar-refractivity contribution is 5.17. The molecule has 2 nitrogen and oxygen atoms in total. The Kier molecular flexibility index (Phi) is 3.34. The van der Waals surface area contributed by atoms with Crippen LogP contribution in [0.4, 0.5) is 4.39 Å². The van der Waals surface area contributed by atoms with Crippen LogP contribution >= 0.6 is 0 Å². The first-order valence-electron chi connectivity index (χ1n) is 5.45. The molecule has 1 aliphatic rings. The second kappa shape index (κ2) is 4.73. The molecule has 0 aromatic heterocycles. The van der Waals surface area contributed by atoms with Crippen molar-refractivity contribution in [2.75, 3.05) is 19.6 Å². The molecule has 1 fully saturated rings. The quantitative estimate of drug-likeness (QED) is 0.794. The van der Waals surface area contributed by atoms with Crippen molar-refractivity contribution >= 4 is 0 Å². The van der Waals surface area contributed by atoms with Crippen LogP contribution in [0.15, 0.2) is 24.3 Å². The highest BCUT2D eigenvalue weighted by Gasteiger charge is 2.18. The molecule has 0 spiro atoms. The summed E-state index contributed by atoms with van der Waals surface area (Å²) in [6.07, 6.45) is 0. The summed E-state index contributed by atoms with van der Waals surface area (Å²) in [7, 11) is 0. The third-order valence-electron chi connectivity index (χ3n) is 2.97. The zero-order chi connectivity index (χ0) is 10.7. The number of nitrogens with one attached hydrogen (secondary N) is 1. The minimum Gasteiger partial charge on any atom is -0.314 e. The Bertz CT molecular complexity index is 327. The SMILES string of the molecule is CC1CNCCN1Cc1ccccc1F. The molecule has 1 N–H and O–H groups in total. The van der Waals surface area contributed by atoms with Crippen LogP contribution < -0.4 is 5.32 Å². The van der Waals surface area contributed by atoms with E-state index in [9.17, 15) is 4.39 Å². The van der Waals surface area contributed by atoms with Gasteiger partial charge in [-0.15, -0.1) is 0 Å². The molecule has 0 radical (unpaired) electrons. The van der Waals surface area contributed by atoms with Crippen molar-refractivity contribution in [3.05, 3.63) is 35.6 Å². The highest BCUT2D eigenvalue weighted by Crippen LogP contribution is 2.12. The van der Waals surface area contributed by atoms with Crippen molar-refractivity contribution in [2.24, 2.45) is 0 Å². The summed E-state index contributed by atoms with van der Waals surface area (Å²) in [6, 6.07) is 7.51. The lowest BCUT2D eigenvalue weighted by molar-refractivity contribution is 0.164. The lowest BCUT2D eigenvalue weighted by atomic mass is 10.1. The Balaban J connectivity index is 2.04. The molecule has 0 saturated carbocycles. The van der Waals surface area contributed by atoms with Crippen LogP contribution in [0.25, 0.3) is 0 Å². The normalized spacial score (nSPS) is 22.9. The van der Waals surface area contributed by atoms with Gasteiger partial charge in [-0.25, -0.2) is 4.39 Å². The van der Waals surface area contributed by atoms with Gasteiger partial charge in [0.1, 0.15) is 5.82 Å². The third kappa shape index (κ3) is 2.55. The van der Waals surface area contributed by atoms with Gasteiger partial charge in [-0.3, -0.25) is 4.90 Å². The molecule has 1 aromatic rings. The summed E-state index contributed by atoms with van der Waals surface area (Å²) >= 11 is 0. The summed E-state index contributed by atoms with van der Waals surface area (Å²) in [5.74, 6) is -0.0942. The van der Waals surface area contributed by atoms with Gasteiger partial charge >= 0.3 is 0 Å². The number of hydrogen-bond acceptors (Lipinski definition) is 2. The zero-order valence-electron chi connectivity index (χ0n) is 9.04. The Labute approximate surface area is 90.1 Å². The second-order valence-electron chi connectivity index (χ2n) is 4.12. The largest absolute Gasteiger partial charge is 0.314 e. The van der Waals surface area contributed by atoms with Crippen LogP contribution in [0.3, 0.4) is 0 Å². The third-order valence-corrected chi connectivity index (χ3v) is 2.97. The molecule has 82 valence electrons. The van der Waals surface area contributed by atoms with E-state index < -0.39 is 0 Å². The fraction of sp³-hybridized carbons (Fsp3) is 0.500. The molecule has 1 unspecified atom stereocenters. The van der Waals surface area contributed by atoms with E-state index in [1.807, 2.05) is 12.1 Å². The van der Waals surface area contributed by atoms with E-state index in [0.29, 0.717) is 6.04 Å². The lowest BCUT2D eigenvalue weighted by Gasteiger charge is -2.33. The van der Waals surface area contributed by atoms with Crippen LogP contribution in [0.5, 0.6) is 0 Å². The monoisotopic (exact) mass is 208 g/mol. The van der Waals surface area contributed by atoms with Gasteiger partial charge in [0.15, 0.2) is 0 Å². The van der Waals surface area contributed by atoms with Gasteiger partial charge in [0.05, 0.1) is 0 Å². The van der Waals surface area contributed by atoms with Gasteiger partial charge in [-0.1, -0.05) is 18.2 Å². The standard InChI is InChI=1S/C12H17FN2/c1-10-8-14-6-7-15(10)9-11-4-2-3-5-12(11)13/h2-5,10,14H,6-9H2,1H3. The lowest BCUT2D eigenvalue weighted by Crippen LogP contribution is -2.49. The smallest absolute Gasteiger partial charge is 0.127 e. The molecule has 1 heterocycles. The van der Waals surface area contributed by atoms with Crippen molar-refractivity contribution in [2.45, 2.75) is 19.5 Å². The van der Waals surface area contributed by atoms with E-state index in [2.05, 4.69) is 17.1 Å². The molecule has 15 heavy (non-hydrogen) atoms. The van der Waals surface area contributed by atoms with Crippen LogP contribution in [-0.4, -0.2) is 30.6 Å². The van der Waals surface area contributed by atoms with Gasteiger partial charge in [0.2, 0.25) is 0 Å².